The van der Waals surface area contributed by atoms with Crippen LogP contribution in [0.25, 0.3) is 0 Å². The van der Waals surface area contributed by atoms with Gasteiger partial charge in [0.2, 0.25) is 5.88 Å². The Hall–Kier alpha value is -2.36. The van der Waals surface area contributed by atoms with Crippen molar-refractivity contribution >= 4 is 5.91 Å². The fourth-order valence-corrected chi connectivity index (χ4v) is 2.76. The Kier molecular flexibility index (Phi) is 3.86. The Morgan fingerprint density at radius 3 is 3.05 bits per heavy atom. The van der Waals surface area contributed by atoms with Gasteiger partial charge in [0, 0.05) is 6.20 Å². The molecule has 1 aliphatic rings. The number of ether oxygens (including phenoxy) is 1. The Morgan fingerprint density at radius 2 is 2.19 bits per heavy atom. The number of hydrogen-bond acceptors (Lipinski definition) is 3. The predicted molar refractivity (Wildman–Crippen MR) is 80.4 cm³/mol. The van der Waals surface area contributed by atoms with Gasteiger partial charge in [0.05, 0.1) is 12.6 Å². The number of hydrogen-bond donors (Lipinski definition) is 1. The van der Waals surface area contributed by atoms with Crippen LogP contribution in [0.15, 0.2) is 42.6 Å². The molecular weight excluding hydrogens is 264 g/mol. The lowest BCUT2D eigenvalue weighted by atomic mass is 10.1. The van der Waals surface area contributed by atoms with Crippen molar-refractivity contribution in [2.45, 2.75) is 25.8 Å². The topological polar surface area (TPSA) is 51.2 Å². The Bertz CT molecular complexity index is 655. The second kappa shape index (κ2) is 5.95. The van der Waals surface area contributed by atoms with E-state index in [1.807, 2.05) is 19.1 Å². The molecule has 108 valence electrons. The first-order valence-electron chi connectivity index (χ1n) is 7.26. The zero-order chi connectivity index (χ0) is 14.7. The molecule has 1 N–H and O–H groups in total. The summed E-state index contributed by atoms with van der Waals surface area (Å²) in [5.74, 6) is 0.261. The monoisotopic (exact) mass is 282 g/mol. The number of aromatic nitrogens is 1. The highest BCUT2D eigenvalue weighted by Gasteiger charge is 2.25. The minimum Gasteiger partial charge on any atom is -0.477 e. The summed E-state index contributed by atoms with van der Waals surface area (Å²) in [6, 6.07) is 11.8. The molecule has 0 bridgehead atoms. The van der Waals surface area contributed by atoms with Gasteiger partial charge in [0.25, 0.3) is 5.91 Å². The highest BCUT2D eigenvalue weighted by Crippen LogP contribution is 2.31. The van der Waals surface area contributed by atoms with Crippen LogP contribution >= 0.6 is 0 Å². The molecule has 2 aromatic rings. The maximum Gasteiger partial charge on any atom is 0.257 e. The molecule has 1 aromatic carbocycles. The molecule has 0 saturated carbocycles. The van der Waals surface area contributed by atoms with Crippen LogP contribution in [-0.4, -0.2) is 17.5 Å². The molecule has 4 heteroatoms. The number of nitrogens with zero attached hydrogens (tertiary/aromatic N) is 1. The van der Waals surface area contributed by atoms with E-state index in [4.69, 9.17) is 4.74 Å². The summed E-state index contributed by atoms with van der Waals surface area (Å²) in [7, 11) is 0. The maximum atomic E-state index is 12.5. The van der Waals surface area contributed by atoms with E-state index in [2.05, 4.69) is 22.4 Å². The summed E-state index contributed by atoms with van der Waals surface area (Å²) in [6.07, 6.45) is 3.58. The molecule has 0 aliphatic heterocycles. The number of amides is 1. The van der Waals surface area contributed by atoms with E-state index < -0.39 is 0 Å². The van der Waals surface area contributed by atoms with Crippen LogP contribution in [-0.2, 0) is 6.42 Å². The fraction of sp³-hybridized carbons (Fsp3) is 0.294. The highest BCUT2D eigenvalue weighted by molar-refractivity contribution is 5.96. The lowest BCUT2D eigenvalue weighted by Gasteiger charge is -2.15. The summed E-state index contributed by atoms with van der Waals surface area (Å²) in [5, 5.41) is 3.09. The van der Waals surface area contributed by atoms with Crippen LogP contribution in [0.4, 0.5) is 0 Å². The Labute approximate surface area is 124 Å². The van der Waals surface area contributed by atoms with E-state index in [9.17, 15) is 4.79 Å². The Morgan fingerprint density at radius 1 is 1.33 bits per heavy atom. The van der Waals surface area contributed by atoms with E-state index in [-0.39, 0.29) is 11.9 Å². The maximum absolute atomic E-state index is 12.5. The average molecular weight is 282 g/mol. The molecule has 1 heterocycles. The van der Waals surface area contributed by atoms with Gasteiger partial charge in [-0.3, -0.25) is 4.79 Å². The number of nitrogens with one attached hydrogen (secondary N) is 1. The van der Waals surface area contributed by atoms with Gasteiger partial charge < -0.3 is 10.1 Å². The first kappa shape index (κ1) is 13.6. The number of carbonyl (C=O) groups excluding carboxylic acids is 1. The molecule has 1 aliphatic carbocycles. The third kappa shape index (κ3) is 2.75. The Balaban J connectivity index is 1.79. The van der Waals surface area contributed by atoms with Gasteiger partial charge in [0.1, 0.15) is 5.56 Å². The first-order chi connectivity index (χ1) is 10.3. The van der Waals surface area contributed by atoms with Crippen LogP contribution in [0.5, 0.6) is 5.88 Å². The standard InChI is InChI=1S/C17H18N2O2/c1-2-21-17-14(8-5-11-18-17)16(20)19-15-10-9-12-6-3-4-7-13(12)15/h3-8,11,15H,2,9-10H2,1H3,(H,19,20)/t15-/m1/s1. The summed E-state index contributed by atoms with van der Waals surface area (Å²) in [5.41, 5.74) is 3.02. The number of pyridine rings is 1. The summed E-state index contributed by atoms with van der Waals surface area (Å²) in [4.78, 5) is 16.6. The van der Waals surface area contributed by atoms with Crippen molar-refractivity contribution in [1.82, 2.24) is 10.3 Å². The number of benzene rings is 1. The minimum atomic E-state index is -0.131. The molecule has 1 atom stereocenters. The summed E-state index contributed by atoms with van der Waals surface area (Å²) in [6.45, 7) is 2.37. The van der Waals surface area contributed by atoms with Gasteiger partial charge in [-0.15, -0.1) is 0 Å². The lowest BCUT2D eigenvalue weighted by molar-refractivity contribution is 0.0932. The van der Waals surface area contributed by atoms with E-state index in [0.29, 0.717) is 18.1 Å². The quantitative estimate of drug-likeness (QED) is 0.938. The third-order valence-electron chi connectivity index (χ3n) is 3.74. The van der Waals surface area contributed by atoms with Gasteiger partial charge in [-0.2, -0.15) is 0 Å². The molecule has 1 aromatic heterocycles. The third-order valence-corrected chi connectivity index (χ3v) is 3.74. The largest absolute Gasteiger partial charge is 0.477 e. The predicted octanol–water partition coefficient (Wildman–Crippen LogP) is 2.90. The molecule has 0 fully saturated rings. The second-order valence-electron chi connectivity index (χ2n) is 5.05. The average Bonchev–Trinajstić information content (AvgIpc) is 2.91. The number of fused-ring (bicyclic) bond motifs is 1. The minimum absolute atomic E-state index is 0.0726. The van der Waals surface area contributed by atoms with Crippen molar-refractivity contribution in [1.29, 1.82) is 0 Å². The highest BCUT2D eigenvalue weighted by atomic mass is 16.5. The molecule has 4 nitrogen and oxygen atoms in total. The van der Waals surface area contributed by atoms with Crippen molar-refractivity contribution in [2.75, 3.05) is 6.61 Å². The van der Waals surface area contributed by atoms with Crippen molar-refractivity contribution in [2.24, 2.45) is 0 Å². The van der Waals surface area contributed by atoms with Crippen molar-refractivity contribution in [3.8, 4) is 5.88 Å². The number of aryl methyl sites for hydroxylation is 1. The van der Waals surface area contributed by atoms with Crippen LogP contribution in [0, 0.1) is 0 Å². The van der Waals surface area contributed by atoms with Gasteiger partial charge in [-0.05, 0) is 43.0 Å². The van der Waals surface area contributed by atoms with Gasteiger partial charge in [-0.25, -0.2) is 4.98 Å². The normalized spacial score (nSPS) is 16.3. The number of rotatable bonds is 4. The zero-order valence-corrected chi connectivity index (χ0v) is 12.0. The molecular formula is C17H18N2O2. The molecule has 0 unspecified atom stereocenters. The van der Waals surface area contributed by atoms with E-state index in [0.717, 1.165) is 12.8 Å². The van der Waals surface area contributed by atoms with Crippen molar-refractivity contribution in [3.05, 3.63) is 59.3 Å². The van der Waals surface area contributed by atoms with E-state index in [1.165, 1.54) is 11.1 Å². The smallest absolute Gasteiger partial charge is 0.257 e. The van der Waals surface area contributed by atoms with Crippen LogP contribution in [0.2, 0.25) is 0 Å². The van der Waals surface area contributed by atoms with Crippen molar-refractivity contribution < 1.29 is 9.53 Å². The van der Waals surface area contributed by atoms with Crippen LogP contribution < -0.4 is 10.1 Å². The van der Waals surface area contributed by atoms with Gasteiger partial charge >= 0.3 is 0 Å². The molecule has 21 heavy (non-hydrogen) atoms. The van der Waals surface area contributed by atoms with Crippen molar-refractivity contribution in [3.63, 3.8) is 0 Å². The number of carbonyl (C=O) groups is 1. The SMILES string of the molecule is CCOc1ncccc1C(=O)N[C@@H]1CCc2ccccc21. The molecule has 0 saturated heterocycles. The molecule has 0 radical (unpaired) electrons. The van der Waals surface area contributed by atoms with Gasteiger partial charge in [0.15, 0.2) is 0 Å². The van der Waals surface area contributed by atoms with E-state index >= 15 is 0 Å². The molecule has 1 amide bonds. The molecule has 0 spiro atoms. The first-order valence-corrected chi connectivity index (χ1v) is 7.26. The summed E-state index contributed by atoms with van der Waals surface area (Å²) >= 11 is 0. The zero-order valence-electron chi connectivity index (χ0n) is 12.0. The van der Waals surface area contributed by atoms with Gasteiger partial charge in [-0.1, -0.05) is 24.3 Å². The summed E-state index contributed by atoms with van der Waals surface area (Å²) < 4.78 is 5.42. The van der Waals surface area contributed by atoms with E-state index in [1.54, 1.807) is 18.3 Å². The lowest BCUT2D eigenvalue weighted by Crippen LogP contribution is -2.27. The molecule has 3 rings (SSSR count). The second-order valence-corrected chi connectivity index (χ2v) is 5.05. The van der Waals surface area contributed by atoms with Crippen LogP contribution in [0.3, 0.4) is 0 Å². The fourth-order valence-electron chi connectivity index (χ4n) is 2.76. The van der Waals surface area contributed by atoms with Crippen LogP contribution in [0.1, 0.15) is 40.9 Å².